The van der Waals surface area contributed by atoms with Crippen LogP contribution in [0.3, 0.4) is 0 Å². The SMILES string of the molecule is CC(C)(C)c1cc2c(cc1-c1ccccc1)N(c1cccc(-c3ccccc3)c1)c1cc(-c3ccccc3)cc3c1B2c1cc(C(C)(C)C)c(-c2ccccc2)cc1N3c1cccc(-c2ccccc2)c1. The van der Waals surface area contributed by atoms with E-state index < -0.39 is 0 Å². The van der Waals surface area contributed by atoms with Crippen molar-refractivity contribution < 1.29 is 0 Å². The molecule has 0 radical (unpaired) electrons. The smallest absolute Gasteiger partial charge is 0.252 e. The predicted molar refractivity (Wildman–Crippen MR) is 305 cm³/mol. The molecule has 0 N–H and O–H groups in total. The first-order chi connectivity index (χ1) is 34.5. The molecule has 2 aliphatic heterocycles. The van der Waals surface area contributed by atoms with Gasteiger partial charge in [-0.2, -0.15) is 0 Å². The highest BCUT2D eigenvalue weighted by Gasteiger charge is 2.45. The summed E-state index contributed by atoms with van der Waals surface area (Å²) in [6, 6.07) is 88.1. The van der Waals surface area contributed by atoms with Crippen LogP contribution in [0.15, 0.2) is 237 Å². The molecule has 3 heteroatoms. The zero-order valence-corrected chi connectivity index (χ0v) is 41.5. The van der Waals surface area contributed by atoms with Gasteiger partial charge in [0.1, 0.15) is 0 Å². The molecule has 10 aromatic rings. The predicted octanol–water partition coefficient (Wildman–Crippen LogP) is 16.7. The second kappa shape index (κ2) is 17.4. The van der Waals surface area contributed by atoms with Gasteiger partial charge >= 0.3 is 0 Å². The molecule has 0 spiro atoms. The molecule has 2 aliphatic rings. The highest BCUT2D eigenvalue weighted by Crippen LogP contribution is 2.50. The topological polar surface area (TPSA) is 6.48 Å². The molecule has 342 valence electrons. The fourth-order valence-corrected chi connectivity index (χ4v) is 11.3. The molecule has 71 heavy (non-hydrogen) atoms. The minimum absolute atomic E-state index is 0.0891. The lowest BCUT2D eigenvalue weighted by atomic mass is 9.33. The van der Waals surface area contributed by atoms with Crippen molar-refractivity contribution in [1.82, 2.24) is 0 Å². The lowest BCUT2D eigenvalue weighted by molar-refractivity contribution is 0.592. The third kappa shape index (κ3) is 7.87. The minimum Gasteiger partial charge on any atom is -0.311 e. The van der Waals surface area contributed by atoms with Crippen molar-refractivity contribution in [3.8, 4) is 55.6 Å². The van der Waals surface area contributed by atoms with Gasteiger partial charge in [0.05, 0.1) is 0 Å². The molecule has 0 aliphatic carbocycles. The van der Waals surface area contributed by atoms with Crippen LogP contribution in [0.2, 0.25) is 0 Å². The van der Waals surface area contributed by atoms with Gasteiger partial charge < -0.3 is 9.80 Å². The van der Waals surface area contributed by atoms with E-state index >= 15 is 0 Å². The molecule has 0 unspecified atom stereocenters. The highest BCUT2D eigenvalue weighted by atomic mass is 15.2. The van der Waals surface area contributed by atoms with Crippen molar-refractivity contribution >= 4 is 57.2 Å². The molecule has 0 fully saturated rings. The van der Waals surface area contributed by atoms with Crippen LogP contribution in [0.1, 0.15) is 52.7 Å². The van der Waals surface area contributed by atoms with Crippen molar-refractivity contribution in [2.45, 2.75) is 52.4 Å². The summed E-state index contributed by atoms with van der Waals surface area (Å²) in [4.78, 5) is 5.18. The van der Waals surface area contributed by atoms with E-state index in [0.29, 0.717) is 0 Å². The summed E-state index contributed by atoms with van der Waals surface area (Å²) in [6.07, 6.45) is 0. The zero-order chi connectivity index (χ0) is 48.4. The van der Waals surface area contributed by atoms with Gasteiger partial charge in [0.15, 0.2) is 0 Å². The summed E-state index contributed by atoms with van der Waals surface area (Å²) in [7, 11) is 0. The van der Waals surface area contributed by atoms with E-state index in [1.165, 1.54) is 106 Å². The van der Waals surface area contributed by atoms with Crippen LogP contribution >= 0.6 is 0 Å². The Bertz CT molecular complexity index is 3370. The fourth-order valence-electron chi connectivity index (χ4n) is 11.3. The summed E-state index contributed by atoms with van der Waals surface area (Å²) >= 11 is 0. The first-order valence-corrected chi connectivity index (χ1v) is 25.1. The van der Waals surface area contributed by atoms with Gasteiger partial charge in [-0.1, -0.05) is 230 Å². The lowest BCUT2D eigenvalue weighted by Gasteiger charge is -2.46. The first-order valence-electron chi connectivity index (χ1n) is 25.1. The molecule has 0 atom stereocenters. The van der Waals surface area contributed by atoms with E-state index in [-0.39, 0.29) is 17.5 Å². The molecule has 0 aromatic heterocycles. The molecular weight excluding hydrogens is 856 g/mol. The zero-order valence-electron chi connectivity index (χ0n) is 41.5. The summed E-state index contributed by atoms with van der Waals surface area (Å²) < 4.78 is 0. The van der Waals surface area contributed by atoms with Gasteiger partial charge in [-0.15, -0.1) is 0 Å². The number of nitrogens with zero attached hydrogens (tertiary/aromatic N) is 2. The van der Waals surface area contributed by atoms with E-state index in [0.717, 1.165) is 11.4 Å². The van der Waals surface area contributed by atoms with E-state index in [1.54, 1.807) is 0 Å². The van der Waals surface area contributed by atoms with Crippen LogP contribution in [-0.4, -0.2) is 6.71 Å². The fraction of sp³-hybridized carbons (Fsp3) is 0.118. The molecule has 2 heterocycles. The Morgan fingerprint density at radius 3 is 0.958 bits per heavy atom. The van der Waals surface area contributed by atoms with Gasteiger partial charge in [0.2, 0.25) is 0 Å². The summed E-state index contributed by atoms with van der Waals surface area (Å²) in [6.45, 7) is 14.1. The Morgan fingerprint density at radius 2 is 0.606 bits per heavy atom. The lowest BCUT2D eigenvalue weighted by Crippen LogP contribution is -2.61. The average molecular weight is 913 g/mol. The van der Waals surface area contributed by atoms with E-state index in [4.69, 9.17) is 0 Å². The van der Waals surface area contributed by atoms with Crippen LogP contribution in [0.4, 0.5) is 34.1 Å². The number of benzene rings is 10. The maximum atomic E-state index is 2.59. The monoisotopic (exact) mass is 912 g/mol. The van der Waals surface area contributed by atoms with Crippen LogP contribution < -0.4 is 26.2 Å². The quantitative estimate of drug-likeness (QED) is 0.147. The molecule has 2 nitrogen and oxygen atoms in total. The van der Waals surface area contributed by atoms with Crippen LogP contribution in [0, 0.1) is 0 Å². The number of fused-ring (bicyclic) bond motifs is 4. The normalized spacial score (nSPS) is 12.8. The molecule has 0 bridgehead atoms. The Labute approximate surface area is 420 Å². The Balaban J connectivity index is 1.25. The van der Waals surface area contributed by atoms with Crippen molar-refractivity contribution in [2.75, 3.05) is 9.80 Å². The summed E-state index contributed by atoms with van der Waals surface area (Å²) in [5.41, 5.74) is 25.4. The highest BCUT2D eigenvalue weighted by molar-refractivity contribution is 7.00. The van der Waals surface area contributed by atoms with E-state index in [1.807, 2.05) is 0 Å². The molecule has 0 amide bonds. The third-order valence-corrected chi connectivity index (χ3v) is 14.7. The largest absolute Gasteiger partial charge is 0.311 e. The number of hydrogen-bond donors (Lipinski definition) is 0. The first kappa shape index (κ1) is 44.1. The maximum Gasteiger partial charge on any atom is 0.252 e. The molecule has 0 saturated heterocycles. The minimum atomic E-state index is -0.159. The molecule has 0 saturated carbocycles. The summed E-state index contributed by atoms with van der Waals surface area (Å²) in [5, 5.41) is 0. The van der Waals surface area contributed by atoms with Gasteiger partial charge in [-0.3, -0.25) is 0 Å². The van der Waals surface area contributed by atoms with Crippen molar-refractivity contribution in [3.63, 3.8) is 0 Å². The van der Waals surface area contributed by atoms with Gasteiger partial charge in [0.25, 0.3) is 6.71 Å². The molecule has 10 aromatic carbocycles. The maximum absolute atomic E-state index is 2.59. The van der Waals surface area contributed by atoms with Crippen molar-refractivity contribution in [1.29, 1.82) is 0 Å². The van der Waals surface area contributed by atoms with E-state index in [2.05, 4.69) is 288 Å². The van der Waals surface area contributed by atoms with Gasteiger partial charge in [-0.05, 0) is 143 Å². The standard InChI is InChI=1S/C68H57BN2/c1-67(2,3)58-44-60-62(42-56(58)49-30-18-10-19-31-49)70(54-36-22-34-51(38-54)46-24-12-7-13-25-46)64-40-53(48-28-16-9-17-29-48)41-65-66(64)69(60)61-45-59(68(4,5)6)57(50-32-20-11-21-33-50)43-63(61)71(65)55-37-23-35-52(39-55)47-26-14-8-15-27-47/h7-45H,1-6H3. The van der Waals surface area contributed by atoms with E-state index in [9.17, 15) is 0 Å². The third-order valence-electron chi connectivity index (χ3n) is 14.7. The molecular formula is C68H57BN2. The van der Waals surface area contributed by atoms with Crippen LogP contribution in [0.5, 0.6) is 0 Å². The Morgan fingerprint density at radius 1 is 0.282 bits per heavy atom. The average Bonchev–Trinajstić information content (AvgIpc) is 3.40. The second-order valence-electron chi connectivity index (χ2n) is 21.4. The van der Waals surface area contributed by atoms with Crippen LogP contribution in [-0.2, 0) is 10.8 Å². The van der Waals surface area contributed by atoms with Gasteiger partial charge in [-0.25, -0.2) is 0 Å². The number of anilines is 6. The molecule has 12 rings (SSSR count). The van der Waals surface area contributed by atoms with Gasteiger partial charge in [0, 0.05) is 34.1 Å². The Hall–Kier alpha value is -8.14. The summed E-state index contributed by atoms with van der Waals surface area (Å²) in [5.74, 6) is 0. The number of hydrogen-bond acceptors (Lipinski definition) is 2. The second-order valence-corrected chi connectivity index (χ2v) is 21.4. The Kier molecular flexibility index (Phi) is 10.8. The van der Waals surface area contributed by atoms with Crippen molar-refractivity contribution in [3.05, 3.63) is 248 Å². The van der Waals surface area contributed by atoms with Crippen molar-refractivity contribution in [2.24, 2.45) is 0 Å². The van der Waals surface area contributed by atoms with Crippen LogP contribution in [0.25, 0.3) is 55.6 Å². The number of rotatable bonds is 7.